The average Bonchev–Trinajstić information content (AvgIpc) is 2.21. The second-order valence-corrected chi connectivity index (χ2v) is 3.57. The number of hydrogen-bond acceptors (Lipinski definition) is 2. The average molecular weight is 263 g/mol. The van der Waals surface area contributed by atoms with Crippen molar-refractivity contribution in [2.75, 3.05) is 13.2 Å². The number of carbonyl (C=O) groups excluding carboxylic acids is 1. The van der Waals surface area contributed by atoms with Crippen LogP contribution in [0.3, 0.4) is 0 Å². The fourth-order valence-corrected chi connectivity index (χ4v) is 1.11. The summed E-state index contributed by atoms with van der Waals surface area (Å²) in [4.78, 5) is 10.7. The number of amides is 1. The molecule has 0 spiro atoms. The zero-order valence-corrected chi connectivity index (χ0v) is 9.15. The minimum absolute atomic E-state index is 0.218. The van der Waals surface area contributed by atoms with Crippen LogP contribution in [-0.4, -0.2) is 36.3 Å². The molecular formula is C9H14F5NO2. The number of aliphatic hydroxyl groups excluding tert-OH is 1. The minimum Gasteiger partial charge on any atom is -0.396 e. The Morgan fingerprint density at radius 2 is 1.82 bits per heavy atom. The molecule has 17 heavy (non-hydrogen) atoms. The van der Waals surface area contributed by atoms with E-state index in [0.29, 0.717) is 6.42 Å². The van der Waals surface area contributed by atoms with E-state index in [9.17, 15) is 26.7 Å². The number of carbonyl (C=O) groups is 1. The molecule has 0 rings (SSSR count). The van der Waals surface area contributed by atoms with Gasteiger partial charge in [0.25, 0.3) is 5.91 Å². The predicted molar refractivity (Wildman–Crippen MR) is 49.5 cm³/mol. The highest BCUT2D eigenvalue weighted by Gasteiger charge is 2.63. The molecule has 8 heteroatoms. The van der Waals surface area contributed by atoms with Crippen molar-refractivity contribution >= 4 is 5.91 Å². The fourth-order valence-electron chi connectivity index (χ4n) is 1.11. The van der Waals surface area contributed by atoms with Gasteiger partial charge < -0.3 is 10.4 Å². The lowest BCUT2D eigenvalue weighted by Crippen LogP contribution is -2.51. The van der Waals surface area contributed by atoms with E-state index >= 15 is 0 Å². The van der Waals surface area contributed by atoms with Gasteiger partial charge in [-0.1, -0.05) is 13.3 Å². The first-order valence-electron chi connectivity index (χ1n) is 5.00. The van der Waals surface area contributed by atoms with Gasteiger partial charge in [0.15, 0.2) is 0 Å². The molecule has 3 nitrogen and oxygen atoms in total. The maximum Gasteiger partial charge on any atom is 0.463 e. The number of nitrogens with one attached hydrogen (secondary N) is 1. The molecule has 0 heterocycles. The maximum absolute atomic E-state index is 12.5. The van der Waals surface area contributed by atoms with Gasteiger partial charge in [-0.15, -0.1) is 0 Å². The summed E-state index contributed by atoms with van der Waals surface area (Å²) in [5, 5.41) is 10.1. The van der Waals surface area contributed by atoms with Crippen molar-refractivity contribution in [2.24, 2.45) is 5.92 Å². The molecule has 0 aliphatic rings. The lowest BCUT2D eigenvalue weighted by molar-refractivity contribution is -0.269. The molecule has 2 N–H and O–H groups in total. The quantitative estimate of drug-likeness (QED) is 0.717. The first kappa shape index (κ1) is 16.1. The summed E-state index contributed by atoms with van der Waals surface area (Å²) in [6, 6.07) is 0. The van der Waals surface area contributed by atoms with Gasteiger partial charge in [-0.05, 0) is 12.3 Å². The number of hydrogen-bond donors (Lipinski definition) is 2. The standard InChI is InChI=1S/C9H14F5NO2/c1-2-6(3-4-16)5-15-7(17)8(10,11)9(12,13)14/h6,16H,2-5H2,1H3,(H,15,17). The van der Waals surface area contributed by atoms with Gasteiger partial charge in [0.2, 0.25) is 0 Å². The maximum atomic E-state index is 12.5. The summed E-state index contributed by atoms with van der Waals surface area (Å²) in [7, 11) is 0. The van der Waals surface area contributed by atoms with Crippen LogP contribution < -0.4 is 5.32 Å². The lowest BCUT2D eigenvalue weighted by Gasteiger charge is -2.20. The normalized spacial score (nSPS) is 14.5. The topological polar surface area (TPSA) is 49.3 Å². The summed E-state index contributed by atoms with van der Waals surface area (Å²) < 4.78 is 60.3. The molecule has 0 radical (unpaired) electrons. The van der Waals surface area contributed by atoms with E-state index in [4.69, 9.17) is 5.11 Å². The highest BCUT2D eigenvalue weighted by molar-refractivity contribution is 5.84. The Morgan fingerprint density at radius 3 is 2.18 bits per heavy atom. The molecule has 1 atom stereocenters. The molecular weight excluding hydrogens is 249 g/mol. The van der Waals surface area contributed by atoms with E-state index in [1.807, 2.05) is 0 Å². The number of alkyl halides is 5. The van der Waals surface area contributed by atoms with Crippen molar-refractivity contribution < 1.29 is 31.9 Å². The third kappa shape index (κ3) is 4.45. The van der Waals surface area contributed by atoms with Crippen LogP contribution >= 0.6 is 0 Å². The fraction of sp³-hybridized carbons (Fsp3) is 0.889. The Bertz CT molecular complexity index is 254. The number of rotatable bonds is 6. The number of halogens is 5. The molecule has 0 aromatic rings. The van der Waals surface area contributed by atoms with E-state index in [-0.39, 0.29) is 25.5 Å². The van der Waals surface area contributed by atoms with Crippen LogP contribution in [0.1, 0.15) is 19.8 Å². The molecule has 0 fully saturated rings. The third-order valence-electron chi connectivity index (χ3n) is 2.31. The molecule has 102 valence electrons. The van der Waals surface area contributed by atoms with E-state index in [1.165, 1.54) is 0 Å². The van der Waals surface area contributed by atoms with Crippen LogP contribution in [0.4, 0.5) is 22.0 Å². The summed E-state index contributed by atoms with van der Waals surface area (Å²) in [5.41, 5.74) is 0. The van der Waals surface area contributed by atoms with Crippen LogP contribution in [0, 0.1) is 5.92 Å². The molecule has 0 bridgehead atoms. The van der Waals surface area contributed by atoms with Crippen LogP contribution in [0.5, 0.6) is 0 Å². The molecule has 0 saturated heterocycles. The van der Waals surface area contributed by atoms with Crippen molar-refractivity contribution in [3.8, 4) is 0 Å². The predicted octanol–water partition coefficient (Wildman–Crippen LogP) is 1.71. The highest BCUT2D eigenvalue weighted by Crippen LogP contribution is 2.35. The summed E-state index contributed by atoms with van der Waals surface area (Å²) in [5.74, 6) is -8.07. The first-order valence-corrected chi connectivity index (χ1v) is 5.00. The van der Waals surface area contributed by atoms with Gasteiger partial charge in [0.05, 0.1) is 0 Å². The molecule has 0 aromatic carbocycles. The molecule has 1 amide bonds. The van der Waals surface area contributed by atoms with Crippen molar-refractivity contribution in [1.82, 2.24) is 5.32 Å². The number of aliphatic hydroxyl groups is 1. The van der Waals surface area contributed by atoms with Crippen molar-refractivity contribution in [3.05, 3.63) is 0 Å². The molecule has 0 aliphatic heterocycles. The van der Waals surface area contributed by atoms with E-state index in [0.717, 1.165) is 0 Å². The second-order valence-electron chi connectivity index (χ2n) is 3.57. The Kier molecular flexibility index (Phi) is 5.80. The van der Waals surface area contributed by atoms with E-state index < -0.39 is 18.0 Å². The third-order valence-corrected chi connectivity index (χ3v) is 2.31. The Morgan fingerprint density at radius 1 is 1.29 bits per heavy atom. The SMILES string of the molecule is CCC(CCO)CNC(=O)C(F)(F)C(F)(F)F. The molecule has 0 aliphatic carbocycles. The van der Waals surface area contributed by atoms with Gasteiger partial charge in [-0.3, -0.25) is 4.79 Å². The monoisotopic (exact) mass is 263 g/mol. The molecule has 0 saturated carbocycles. The summed E-state index contributed by atoms with van der Waals surface area (Å²) in [6.45, 7) is 1.14. The summed E-state index contributed by atoms with van der Waals surface area (Å²) >= 11 is 0. The van der Waals surface area contributed by atoms with Gasteiger partial charge in [0, 0.05) is 13.2 Å². The largest absolute Gasteiger partial charge is 0.463 e. The minimum atomic E-state index is -5.89. The second kappa shape index (κ2) is 6.13. The highest BCUT2D eigenvalue weighted by atomic mass is 19.4. The van der Waals surface area contributed by atoms with E-state index in [1.54, 1.807) is 12.2 Å². The zero-order valence-electron chi connectivity index (χ0n) is 9.15. The van der Waals surface area contributed by atoms with Crippen molar-refractivity contribution in [2.45, 2.75) is 31.9 Å². The Balaban J connectivity index is 4.36. The van der Waals surface area contributed by atoms with Crippen molar-refractivity contribution in [1.29, 1.82) is 0 Å². The van der Waals surface area contributed by atoms with Crippen LogP contribution in [0.2, 0.25) is 0 Å². The van der Waals surface area contributed by atoms with Gasteiger partial charge in [-0.25, -0.2) is 0 Å². The van der Waals surface area contributed by atoms with Crippen LogP contribution in [-0.2, 0) is 4.79 Å². The van der Waals surface area contributed by atoms with E-state index in [2.05, 4.69) is 0 Å². The summed E-state index contributed by atoms with van der Waals surface area (Å²) in [6.07, 6.45) is -5.21. The van der Waals surface area contributed by atoms with Gasteiger partial charge in [-0.2, -0.15) is 22.0 Å². The molecule has 1 unspecified atom stereocenters. The lowest BCUT2D eigenvalue weighted by atomic mass is 10.0. The Labute approximate surface area is 95.0 Å². The smallest absolute Gasteiger partial charge is 0.396 e. The van der Waals surface area contributed by atoms with Crippen LogP contribution in [0.25, 0.3) is 0 Å². The van der Waals surface area contributed by atoms with Gasteiger partial charge in [0.1, 0.15) is 0 Å². The van der Waals surface area contributed by atoms with Crippen LogP contribution in [0.15, 0.2) is 0 Å². The Hall–Kier alpha value is -0.920. The van der Waals surface area contributed by atoms with Crippen molar-refractivity contribution in [3.63, 3.8) is 0 Å². The zero-order chi connectivity index (χ0) is 13.7. The molecule has 0 aromatic heterocycles. The van der Waals surface area contributed by atoms with Gasteiger partial charge >= 0.3 is 12.1 Å². The first-order chi connectivity index (χ1) is 7.66.